The van der Waals surface area contributed by atoms with Crippen molar-refractivity contribution in [1.29, 1.82) is 0 Å². The fourth-order valence-corrected chi connectivity index (χ4v) is 2.37. The molecule has 0 amide bonds. The van der Waals surface area contributed by atoms with E-state index in [0.29, 0.717) is 11.6 Å². The van der Waals surface area contributed by atoms with Gasteiger partial charge in [-0.2, -0.15) is 4.68 Å². The van der Waals surface area contributed by atoms with Crippen LogP contribution in [0.25, 0.3) is 5.69 Å². The van der Waals surface area contributed by atoms with Gasteiger partial charge in [-0.05, 0) is 56.7 Å². The molecule has 0 aliphatic carbocycles. The van der Waals surface area contributed by atoms with Gasteiger partial charge in [-0.1, -0.05) is 29.8 Å². The van der Waals surface area contributed by atoms with Crippen LogP contribution in [0.1, 0.15) is 5.82 Å². The number of para-hydroxylation sites is 1. The second kappa shape index (κ2) is 6.24. The van der Waals surface area contributed by atoms with Crippen LogP contribution in [0.3, 0.4) is 0 Å². The zero-order valence-electron chi connectivity index (χ0n) is 10.9. The number of halogens is 2. The Morgan fingerprint density at radius 2 is 1.95 bits per heavy atom. The summed E-state index contributed by atoms with van der Waals surface area (Å²) in [5, 5.41) is 15.7. The largest absolute Gasteiger partial charge is 0.378 e. The zero-order chi connectivity index (χ0) is 14.7. The van der Waals surface area contributed by atoms with Gasteiger partial charge in [0.05, 0.1) is 17.3 Å². The molecule has 0 bridgehead atoms. The third-order valence-corrected chi connectivity index (χ3v) is 4.12. The molecule has 1 heterocycles. The molecule has 0 saturated heterocycles. The summed E-state index contributed by atoms with van der Waals surface area (Å²) < 4.78 is 2.55. The van der Waals surface area contributed by atoms with E-state index in [0.717, 1.165) is 21.7 Å². The molecule has 5 nitrogen and oxygen atoms in total. The molecule has 3 aromatic rings. The minimum absolute atomic E-state index is 0.510. The molecule has 0 aliphatic heterocycles. The third kappa shape index (κ3) is 3.22. The van der Waals surface area contributed by atoms with Gasteiger partial charge >= 0.3 is 0 Å². The first-order chi connectivity index (χ1) is 10.2. The summed E-state index contributed by atoms with van der Waals surface area (Å²) in [6.07, 6.45) is 0. The first kappa shape index (κ1) is 14.0. The molecule has 0 saturated carbocycles. The second-order valence-corrected chi connectivity index (χ2v) is 5.59. The van der Waals surface area contributed by atoms with Crippen LogP contribution in [0.5, 0.6) is 0 Å². The molecule has 0 spiro atoms. The zero-order valence-corrected chi connectivity index (χ0v) is 13.2. The van der Waals surface area contributed by atoms with Crippen LogP contribution < -0.4 is 5.32 Å². The molecular formula is C14H11BrClN5. The Morgan fingerprint density at radius 1 is 1.14 bits per heavy atom. The number of hydrogen-bond acceptors (Lipinski definition) is 4. The highest BCUT2D eigenvalue weighted by molar-refractivity contribution is 9.10. The Morgan fingerprint density at radius 3 is 2.71 bits per heavy atom. The summed E-state index contributed by atoms with van der Waals surface area (Å²) in [5.41, 5.74) is 1.87. The lowest BCUT2D eigenvalue weighted by atomic mass is 10.3. The number of tetrazole rings is 1. The molecule has 3 rings (SSSR count). The SMILES string of the molecule is Clc1ccc(NCc2nnnn2-c2ccccc2)cc1Br. The Labute approximate surface area is 135 Å². The van der Waals surface area contributed by atoms with Crippen molar-refractivity contribution in [3.63, 3.8) is 0 Å². The molecule has 106 valence electrons. The molecule has 0 radical (unpaired) electrons. The second-order valence-electron chi connectivity index (χ2n) is 4.32. The molecule has 1 aromatic heterocycles. The van der Waals surface area contributed by atoms with E-state index in [2.05, 4.69) is 36.8 Å². The van der Waals surface area contributed by atoms with Crippen molar-refractivity contribution in [3.05, 3.63) is 63.9 Å². The highest BCUT2D eigenvalue weighted by atomic mass is 79.9. The molecule has 0 fully saturated rings. The standard InChI is InChI=1S/C14H11BrClN5/c15-12-8-10(6-7-13(12)16)17-9-14-18-19-20-21(14)11-4-2-1-3-5-11/h1-8,17H,9H2. The Hall–Kier alpha value is -1.92. The summed E-state index contributed by atoms with van der Waals surface area (Å²) >= 11 is 9.37. The van der Waals surface area contributed by atoms with Gasteiger partial charge in [0.25, 0.3) is 0 Å². The number of anilines is 1. The molecule has 0 unspecified atom stereocenters. The van der Waals surface area contributed by atoms with E-state index in [4.69, 9.17) is 11.6 Å². The van der Waals surface area contributed by atoms with E-state index in [9.17, 15) is 0 Å². The normalized spacial score (nSPS) is 10.6. The van der Waals surface area contributed by atoms with Crippen molar-refractivity contribution in [2.24, 2.45) is 0 Å². The highest BCUT2D eigenvalue weighted by Crippen LogP contribution is 2.25. The number of nitrogens with one attached hydrogen (secondary N) is 1. The van der Waals surface area contributed by atoms with Crippen molar-refractivity contribution < 1.29 is 0 Å². The average molecular weight is 365 g/mol. The van der Waals surface area contributed by atoms with Crippen LogP contribution in [0, 0.1) is 0 Å². The summed E-state index contributed by atoms with van der Waals surface area (Å²) in [7, 11) is 0. The third-order valence-electron chi connectivity index (χ3n) is 2.91. The van der Waals surface area contributed by atoms with Crippen LogP contribution in [0.4, 0.5) is 5.69 Å². The van der Waals surface area contributed by atoms with Crippen LogP contribution >= 0.6 is 27.5 Å². The highest BCUT2D eigenvalue weighted by Gasteiger charge is 2.08. The number of rotatable bonds is 4. The van der Waals surface area contributed by atoms with Crippen molar-refractivity contribution >= 4 is 33.2 Å². The Balaban J connectivity index is 1.77. The fourth-order valence-electron chi connectivity index (χ4n) is 1.87. The quantitative estimate of drug-likeness (QED) is 0.767. The van der Waals surface area contributed by atoms with Gasteiger partial charge < -0.3 is 5.32 Å². The van der Waals surface area contributed by atoms with E-state index in [1.165, 1.54) is 0 Å². The van der Waals surface area contributed by atoms with E-state index in [1.54, 1.807) is 4.68 Å². The average Bonchev–Trinajstić information content (AvgIpc) is 2.98. The fraction of sp³-hybridized carbons (Fsp3) is 0.0714. The first-order valence-electron chi connectivity index (χ1n) is 6.25. The minimum Gasteiger partial charge on any atom is -0.378 e. The Bertz CT molecular complexity index is 744. The minimum atomic E-state index is 0.510. The van der Waals surface area contributed by atoms with E-state index in [-0.39, 0.29) is 0 Å². The number of hydrogen-bond donors (Lipinski definition) is 1. The van der Waals surface area contributed by atoms with Gasteiger partial charge in [-0.3, -0.25) is 0 Å². The van der Waals surface area contributed by atoms with Crippen LogP contribution in [0.15, 0.2) is 53.0 Å². The van der Waals surface area contributed by atoms with Gasteiger partial charge in [0.1, 0.15) is 0 Å². The lowest BCUT2D eigenvalue weighted by molar-refractivity contribution is 0.768. The van der Waals surface area contributed by atoms with Crippen molar-refractivity contribution in [1.82, 2.24) is 20.2 Å². The van der Waals surface area contributed by atoms with E-state index < -0.39 is 0 Å². The molecule has 0 atom stereocenters. The molecular weight excluding hydrogens is 354 g/mol. The smallest absolute Gasteiger partial charge is 0.175 e. The monoisotopic (exact) mass is 363 g/mol. The van der Waals surface area contributed by atoms with Gasteiger partial charge in [-0.25, -0.2) is 0 Å². The van der Waals surface area contributed by atoms with Gasteiger partial charge in [0.15, 0.2) is 5.82 Å². The Kier molecular flexibility index (Phi) is 4.17. The first-order valence-corrected chi connectivity index (χ1v) is 7.43. The summed E-state index contributed by atoms with van der Waals surface area (Å²) in [6, 6.07) is 15.4. The van der Waals surface area contributed by atoms with Crippen LogP contribution in [-0.4, -0.2) is 20.2 Å². The molecule has 1 N–H and O–H groups in total. The number of nitrogens with zero attached hydrogens (tertiary/aromatic N) is 4. The van der Waals surface area contributed by atoms with E-state index >= 15 is 0 Å². The maximum Gasteiger partial charge on any atom is 0.175 e. The predicted octanol–water partition coefficient (Wildman–Crippen LogP) is 3.69. The lowest BCUT2D eigenvalue weighted by Crippen LogP contribution is -2.08. The lowest BCUT2D eigenvalue weighted by Gasteiger charge is -2.08. The molecule has 2 aromatic carbocycles. The van der Waals surface area contributed by atoms with Crippen LogP contribution in [0.2, 0.25) is 5.02 Å². The topological polar surface area (TPSA) is 55.6 Å². The van der Waals surface area contributed by atoms with Crippen molar-refractivity contribution in [2.75, 3.05) is 5.32 Å². The van der Waals surface area contributed by atoms with E-state index in [1.807, 2.05) is 48.5 Å². The maximum atomic E-state index is 5.97. The summed E-state index contributed by atoms with van der Waals surface area (Å²) in [4.78, 5) is 0. The van der Waals surface area contributed by atoms with Crippen molar-refractivity contribution in [2.45, 2.75) is 6.54 Å². The van der Waals surface area contributed by atoms with Gasteiger partial charge in [-0.15, -0.1) is 5.10 Å². The number of benzene rings is 2. The van der Waals surface area contributed by atoms with Gasteiger partial charge in [0, 0.05) is 10.2 Å². The van der Waals surface area contributed by atoms with Gasteiger partial charge in [0.2, 0.25) is 0 Å². The predicted molar refractivity (Wildman–Crippen MR) is 85.6 cm³/mol. The summed E-state index contributed by atoms with van der Waals surface area (Å²) in [5.74, 6) is 0.729. The van der Waals surface area contributed by atoms with Crippen molar-refractivity contribution in [3.8, 4) is 5.69 Å². The maximum absolute atomic E-state index is 5.97. The molecule has 21 heavy (non-hydrogen) atoms. The molecule has 7 heteroatoms. The van der Waals surface area contributed by atoms with Crippen LogP contribution in [-0.2, 0) is 6.54 Å². The molecule has 0 aliphatic rings. The number of aromatic nitrogens is 4. The summed E-state index contributed by atoms with van der Waals surface area (Å²) in [6.45, 7) is 0.510.